The summed E-state index contributed by atoms with van der Waals surface area (Å²) in [6, 6.07) is -0.356. The summed E-state index contributed by atoms with van der Waals surface area (Å²) in [6.45, 7) is 7.37. The van der Waals surface area contributed by atoms with E-state index in [-0.39, 0.29) is 23.8 Å². The number of rotatable bonds is 4. The summed E-state index contributed by atoms with van der Waals surface area (Å²) in [5.41, 5.74) is 0.802. The van der Waals surface area contributed by atoms with Gasteiger partial charge in [0.2, 0.25) is 11.8 Å². The van der Waals surface area contributed by atoms with E-state index in [0.717, 1.165) is 23.3 Å². The number of nitrogens with zero attached hydrogens (tertiary/aromatic N) is 7. The minimum Gasteiger partial charge on any atom is -0.352 e. The van der Waals surface area contributed by atoms with Crippen molar-refractivity contribution in [2.45, 2.75) is 32.7 Å². The quantitative estimate of drug-likeness (QED) is 0.768. The molecule has 9 heteroatoms. The van der Waals surface area contributed by atoms with Crippen LogP contribution in [-0.4, -0.2) is 80.1 Å². The van der Waals surface area contributed by atoms with Crippen molar-refractivity contribution in [2.24, 2.45) is 13.0 Å². The van der Waals surface area contributed by atoms with E-state index in [1.807, 2.05) is 25.8 Å². The fourth-order valence-electron chi connectivity index (χ4n) is 4.27. The van der Waals surface area contributed by atoms with Crippen LogP contribution in [0.4, 0.5) is 5.82 Å². The third-order valence-corrected chi connectivity index (χ3v) is 5.73. The van der Waals surface area contributed by atoms with Gasteiger partial charge in [-0.2, -0.15) is 5.10 Å². The number of piperazine rings is 1. The van der Waals surface area contributed by atoms with Gasteiger partial charge in [-0.1, -0.05) is 13.8 Å². The van der Waals surface area contributed by atoms with Crippen LogP contribution in [0.25, 0.3) is 11.0 Å². The highest BCUT2D eigenvalue weighted by molar-refractivity contribution is 5.89. The minimum absolute atomic E-state index is 0.0686. The Morgan fingerprint density at radius 3 is 2.50 bits per heavy atom. The molecule has 2 fully saturated rings. The molecule has 2 aromatic rings. The number of hydrogen-bond donors (Lipinski definition) is 0. The van der Waals surface area contributed by atoms with E-state index in [0.29, 0.717) is 39.1 Å². The Hall–Kier alpha value is -2.71. The van der Waals surface area contributed by atoms with Crippen molar-refractivity contribution in [3.05, 3.63) is 12.5 Å². The number of amides is 2. The van der Waals surface area contributed by atoms with Crippen molar-refractivity contribution in [3.8, 4) is 0 Å². The van der Waals surface area contributed by atoms with Crippen molar-refractivity contribution < 1.29 is 9.59 Å². The number of fused-ring (bicyclic) bond motifs is 1. The third kappa shape index (κ3) is 3.18. The maximum Gasteiger partial charge on any atom is 0.245 e. The number of aryl methyl sites for hydroxylation is 1. The average molecular weight is 385 g/mol. The first-order valence-corrected chi connectivity index (χ1v) is 9.93. The van der Waals surface area contributed by atoms with Crippen molar-refractivity contribution in [2.75, 3.05) is 37.6 Å². The van der Waals surface area contributed by atoms with Crippen LogP contribution in [0, 0.1) is 5.92 Å². The molecule has 1 unspecified atom stereocenters. The molecule has 9 nitrogen and oxygen atoms in total. The summed E-state index contributed by atoms with van der Waals surface area (Å²) in [7, 11) is 1.86. The molecule has 150 valence electrons. The van der Waals surface area contributed by atoms with Gasteiger partial charge in [0.15, 0.2) is 5.65 Å². The first-order valence-electron chi connectivity index (χ1n) is 9.93. The van der Waals surface area contributed by atoms with Gasteiger partial charge < -0.3 is 14.7 Å². The Morgan fingerprint density at radius 2 is 1.86 bits per heavy atom. The van der Waals surface area contributed by atoms with Crippen LogP contribution in [0.3, 0.4) is 0 Å². The normalized spacial score (nSPS) is 19.1. The molecule has 0 radical (unpaired) electrons. The molecule has 0 aliphatic carbocycles. The zero-order valence-electron chi connectivity index (χ0n) is 16.7. The van der Waals surface area contributed by atoms with Crippen LogP contribution in [0.5, 0.6) is 0 Å². The highest BCUT2D eigenvalue weighted by Gasteiger charge is 2.38. The van der Waals surface area contributed by atoms with Crippen LogP contribution in [0.15, 0.2) is 12.5 Å². The van der Waals surface area contributed by atoms with E-state index >= 15 is 0 Å². The molecule has 28 heavy (non-hydrogen) atoms. The molecule has 2 aromatic heterocycles. The van der Waals surface area contributed by atoms with Crippen molar-refractivity contribution in [3.63, 3.8) is 0 Å². The summed E-state index contributed by atoms with van der Waals surface area (Å²) < 4.78 is 1.74. The molecule has 0 bridgehead atoms. The van der Waals surface area contributed by atoms with Gasteiger partial charge in [-0.05, 0) is 12.3 Å². The molecule has 2 aliphatic heterocycles. The van der Waals surface area contributed by atoms with E-state index < -0.39 is 0 Å². The van der Waals surface area contributed by atoms with Gasteiger partial charge in [-0.3, -0.25) is 14.3 Å². The Labute approximate surface area is 164 Å². The first kappa shape index (κ1) is 18.6. The lowest BCUT2D eigenvalue weighted by molar-refractivity contribution is -0.145. The minimum atomic E-state index is -0.356. The summed E-state index contributed by atoms with van der Waals surface area (Å²) in [6.07, 6.45) is 4.75. The lowest BCUT2D eigenvalue weighted by atomic mass is 10.0. The second-order valence-corrected chi connectivity index (χ2v) is 7.89. The largest absolute Gasteiger partial charge is 0.352 e. The average Bonchev–Trinajstić information content (AvgIpc) is 3.28. The van der Waals surface area contributed by atoms with E-state index in [1.54, 1.807) is 22.1 Å². The Morgan fingerprint density at radius 1 is 1.11 bits per heavy atom. The monoisotopic (exact) mass is 385 g/mol. The SMILES string of the molecule is CC(C)C(C(=O)N1CCN(c2ncnc3c2cnn3C)CC1)N1CCCC1=O. The summed E-state index contributed by atoms with van der Waals surface area (Å²) in [5, 5.41) is 5.20. The van der Waals surface area contributed by atoms with Gasteiger partial charge >= 0.3 is 0 Å². The first-order chi connectivity index (χ1) is 13.5. The molecule has 2 aliphatic rings. The Balaban J connectivity index is 1.47. The van der Waals surface area contributed by atoms with Crippen molar-refractivity contribution >= 4 is 28.7 Å². The number of carbonyl (C=O) groups is 2. The number of carbonyl (C=O) groups excluding carboxylic acids is 2. The highest BCUT2D eigenvalue weighted by atomic mass is 16.2. The van der Waals surface area contributed by atoms with Crippen molar-refractivity contribution in [1.29, 1.82) is 0 Å². The zero-order chi connectivity index (χ0) is 19.8. The summed E-state index contributed by atoms with van der Waals surface area (Å²) in [4.78, 5) is 40.0. The number of hydrogen-bond acceptors (Lipinski definition) is 6. The molecule has 0 N–H and O–H groups in total. The molecular weight excluding hydrogens is 358 g/mol. The van der Waals surface area contributed by atoms with E-state index in [9.17, 15) is 9.59 Å². The van der Waals surface area contributed by atoms with Gasteiger partial charge in [0, 0.05) is 46.2 Å². The number of likely N-dealkylation sites (tertiary alicyclic amines) is 1. The maximum atomic E-state index is 13.2. The van der Waals surface area contributed by atoms with E-state index in [1.165, 1.54) is 0 Å². The summed E-state index contributed by atoms with van der Waals surface area (Å²) in [5.74, 6) is 1.13. The molecule has 2 saturated heterocycles. The molecular formula is C19H27N7O2. The van der Waals surface area contributed by atoms with E-state index in [2.05, 4.69) is 20.0 Å². The third-order valence-electron chi connectivity index (χ3n) is 5.73. The molecule has 0 spiro atoms. The predicted octanol–water partition coefficient (Wildman–Crippen LogP) is 0.659. The zero-order valence-corrected chi connectivity index (χ0v) is 16.7. The topological polar surface area (TPSA) is 87.5 Å². The number of anilines is 1. The number of aromatic nitrogens is 4. The predicted molar refractivity (Wildman–Crippen MR) is 105 cm³/mol. The van der Waals surface area contributed by atoms with Crippen molar-refractivity contribution in [1.82, 2.24) is 29.5 Å². The Kier molecular flexibility index (Phi) is 4.91. The second kappa shape index (κ2) is 7.37. The highest BCUT2D eigenvalue weighted by Crippen LogP contribution is 2.25. The molecule has 4 heterocycles. The fourth-order valence-corrected chi connectivity index (χ4v) is 4.27. The molecule has 1 atom stereocenters. The van der Waals surface area contributed by atoms with Gasteiger partial charge in [0.05, 0.1) is 11.6 Å². The molecule has 0 saturated carbocycles. The van der Waals surface area contributed by atoms with Crippen LogP contribution < -0.4 is 4.90 Å². The maximum absolute atomic E-state index is 13.2. The van der Waals surface area contributed by atoms with Crippen LogP contribution in [0.2, 0.25) is 0 Å². The summed E-state index contributed by atoms with van der Waals surface area (Å²) >= 11 is 0. The van der Waals surface area contributed by atoms with Crippen LogP contribution in [0.1, 0.15) is 26.7 Å². The van der Waals surface area contributed by atoms with Gasteiger partial charge in [0.25, 0.3) is 0 Å². The molecule has 4 rings (SSSR count). The Bertz CT molecular complexity index is 886. The fraction of sp³-hybridized carbons (Fsp3) is 0.632. The van der Waals surface area contributed by atoms with Gasteiger partial charge in [0.1, 0.15) is 18.2 Å². The standard InChI is InChI=1S/C19H27N7O2/c1-13(2)16(26-6-4-5-15(26)27)19(28)25-9-7-24(8-10-25)18-14-11-22-23(3)17(14)20-12-21-18/h11-13,16H,4-10H2,1-3H3. The lowest BCUT2D eigenvalue weighted by Gasteiger charge is -2.39. The molecule has 2 amide bonds. The molecule has 0 aromatic carbocycles. The van der Waals surface area contributed by atoms with Gasteiger partial charge in [-0.25, -0.2) is 9.97 Å². The van der Waals surface area contributed by atoms with Crippen LogP contribution in [-0.2, 0) is 16.6 Å². The van der Waals surface area contributed by atoms with E-state index in [4.69, 9.17) is 0 Å². The van der Waals surface area contributed by atoms with Gasteiger partial charge in [-0.15, -0.1) is 0 Å². The second-order valence-electron chi connectivity index (χ2n) is 7.89. The smallest absolute Gasteiger partial charge is 0.245 e. The lowest BCUT2D eigenvalue weighted by Crippen LogP contribution is -2.56. The van der Waals surface area contributed by atoms with Crippen LogP contribution >= 0.6 is 0 Å².